The Kier molecular flexibility index (Phi) is 7.91. The maximum Gasteiger partial charge on any atom is 0.357 e. The first kappa shape index (κ1) is 27.3. The molecule has 1 saturated carbocycles. The summed E-state index contributed by atoms with van der Waals surface area (Å²) in [5, 5.41) is 7.48. The van der Waals surface area contributed by atoms with Gasteiger partial charge in [0.05, 0.1) is 29.1 Å². The van der Waals surface area contributed by atoms with Gasteiger partial charge in [-0.05, 0) is 67.0 Å². The highest BCUT2D eigenvalue weighted by Crippen LogP contribution is 2.38. The summed E-state index contributed by atoms with van der Waals surface area (Å²) in [7, 11) is 0. The second-order valence-corrected chi connectivity index (χ2v) is 12.0. The molecule has 3 aromatic carbocycles. The van der Waals surface area contributed by atoms with Crippen LogP contribution in [0, 0.1) is 5.92 Å². The molecule has 0 bridgehead atoms. The molecule has 2 aromatic heterocycles. The van der Waals surface area contributed by atoms with E-state index in [-0.39, 0.29) is 12.3 Å². The van der Waals surface area contributed by atoms with Gasteiger partial charge in [-0.25, -0.2) is 14.5 Å². The minimum absolute atomic E-state index is 0.274. The Morgan fingerprint density at radius 1 is 1.02 bits per heavy atom. The van der Waals surface area contributed by atoms with Gasteiger partial charge in [-0.3, -0.25) is 0 Å². The molecule has 1 atom stereocenters. The van der Waals surface area contributed by atoms with Crippen molar-refractivity contribution in [3.8, 4) is 27.5 Å². The minimum atomic E-state index is -2.64. The number of benzene rings is 3. The Balaban J connectivity index is 1.49. The molecule has 0 radical (unpaired) electrons. The van der Waals surface area contributed by atoms with Crippen LogP contribution in [0.15, 0.2) is 89.1 Å². The zero-order valence-corrected chi connectivity index (χ0v) is 24.2. The molecule has 0 spiro atoms. The molecule has 41 heavy (non-hydrogen) atoms. The van der Waals surface area contributed by atoms with Gasteiger partial charge >= 0.3 is 5.97 Å². The number of ether oxygens (including phenoxy) is 1. The van der Waals surface area contributed by atoms with Gasteiger partial charge in [0.2, 0.25) is 5.13 Å². The monoisotopic (exact) mass is 583 g/mol. The van der Waals surface area contributed by atoms with Crippen LogP contribution >= 0.6 is 11.3 Å². The van der Waals surface area contributed by atoms with Crippen molar-refractivity contribution in [3.05, 3.63) is 107 Å². The molecule has 208 valence electrons. The van der Waals surface area contributed by atoms with E-state index in [0.717, 1.165) is 45.6 Å². The highest BCUT2D eigenvalue weighted by atomic mass is 32.2. The number of hydrogen-bond donors (Lipinski definition) is 0. The SMILES string of the molecule is CCOC(=O)c1csc(-n2nc(-c3cccc(-c4ccccc4)c3)c(Cc3ccc([SH+](=O)[O-])cc3)c2CC2CC2)n1. The minimum Gasteiger partial charge on any atom is -0.612 e. The number of thiol groups is 1. The van der Waals surface area contributed by atoms with Gasteiger partial charge in [-0.15, -0.1) is 15.5 Å². The van der Waals surface area contributed by atoms with Crippen LogP contribution in [-0.4, -0.2) is 31.9 Å². The average molecular weight is 584 g/mol. The first-order valence-corrected chi connectivity index (χ1v) is 15.7. The molecule has 0 N–H and O–H groups in total. The molecule has 1 aliphatic rings. The predicted molar refractivity (Wildman–Crippen MR) is 160 cm³/mol. The maximum atomic E-state index is 12.4. The summed E-state index contributed by atoms with van der Waals surface area (Å²) in [6.07, 6.45) is 3.76. The van der Waals surface area contributed by atoms with E-state index in [0.29, 0.717) is 22.4 Å². The lowest BCUT2D eigenvalue weighted by Gasteiger charge is -2.10. The normalized spacial score (nSPS) is 13.7. The summed E-state index contributed by atoms with van der Waals surface area (Å²) in [5.41, 5.74) is 7.46. The predicted octanol–water partition coefficient (Wildman–Crippen LogP) is 6.57. The standard InChI is InChI=1S/C32H29N3O4S2/c1-2-39-31(36)28-20-40-32(33-28)35-29(18-22-11-12-22)27(17-21-13-15-26(16-14-21)41(37)38)30(34-35)25-10-6-9-24(19-25)23-7-4-3-5-8-23/h3-10,13-16,19-20,22,41H,2,11-12,17-18H2,1H3. The zero-order chi connectivity index (χ0) is 28.3. The number of esters is 1. The van der Waals surface area contributed by atoms with Crippen molar-refractivity contribution in [1.29, 1.82) is 0 Å². The van der Waals surface area contributed by atoms with E-state index in [1.54, 1.807) is 24.4 Å². The average Bonchev–Trinajstić information content (AvgIpc) is 3.56. The first-order chi connectivity index (χ1) is 20.0. The van der Waals surface area contributed by atoms with E-state index in [9.17, 15) is 13.6 Å². The Hall–Kier alpha value is -3.92. The van der Waals surface area contributed by atoms with Gasteiger partial charge < -0.3 is 9.29 Å². The van der Waals surface area contributed by atoms with Crippen LogP contribution in [0.25, 0.3) is 27.5 Å². The van der Waals surface area contributed by atoms with Gasteiger partial charge in [0, 0.05) is 22.9 Å². The molecule has 1 unspecified atom stereocenters. The van der Waals surface area contributed by atoms with Crippen LogP contribution in [0.2, 0.25) is 0 Å². The van der Waals surface area contributed by atoms with Crippen molar-refractivity contribution in [2.45, 2.75) is 37.5 Å². The first-order valence-electron chi connectivity index (χ1n) is 13.6. The number of rotatable bonds is 10. The van der Waals surface area contributed by atoms with E-state index in [4.69, 9.17) is 9.84 Å². The molecule has 0 amide bonds. The van der Waals surface area contributed by atoms with Crippen molar-refractivity contribution in [2.75, 3.05) is 6.61 Å². The van der Waals surface area contributed by atoms with Crippen LogP contribution in [-0.2, 0) is 32.9 Å². The third-order valence-electron chi connectivity index (χ3n) is 7.20. The fourth-order valence-corrected chi connectivity index (χ4v) is 6.10. The lowest BCUT2D eigenvalue weighted by Crippen LogP contribution is -2.08. The van der Waals surface area contributed by atoms with Crippen LogP contribution in [0.1, 0.15) is 47.1 Å². The third-order valence-corrected chi connectivity index (χ3v) is 8.73. The van der Waals surface area contributed by atoms with Crippen molar-refractivity contribution in [2.24, 2.45) is 5.92 Å². The van der Waals surface area contributed by atoms with Crippen molar-refractivity contribution >= 4 is 28.4 Å². The lowest BCUT2D eigenvalue weighted by atomic mass is 9.95. The van der Waals surface area contributed by atoms with Crippen molar-refractivity contribution in [1.82, 2.24) is 14.8 Å². The van der Waals surface area contributed by atoms with Crippen LogP contribution < -0.4 is 0 Å². The number of aromatic nitrogens is 3. The summed E-state index contributed by atoms with van der Waals surface area (Å²) in [5.74, 6) is 0.128. The van der Waals surface area contributed by atoms with E-state index >= 15 is 0 Å². The molecule has 1 fully saturated rings. The summed E-state index contributed by atoms with van der Waals surface area (Å²) >= 11 is -1.27. The molecule has 0 saturated heterocycles. The molecule has 0 aliphatic heterocycles. The molecular weight excluding hydrogens is 555 g/mol. The number of nitrogens with zero attached hydrogens (tertiary/aromatic N) is 3. The summed E-state index contributed by atoms with van der Waals surface area (Å²) in [4.78, 5) is 17.3. The highest BCUT2D eigenvalue weighted by Gasteiger charge is 2.29. The maximum absolute atomic E-state index is 12.4. The highest BCUT2D eigenvalue weighted by molar-refractivity contribution is 7.79. The number of carbonyl (C=O) groups is 1. The Morgan fingerprint density at radius 3 is 2.46 bits per heavy atom. The van der Waals surface area contributed by atoms with E-state index in [2.05, 4.69) is 35.3 Å². The number of carbonyl (C=O) groups excluding carboxylic acids is 1. The zero-order valence-electron chi connectivity index (χ0n) is 22.5. The molecule has 7 nitrogen and oxygen atoms in total. The molecule has 9 heteroatoms. The van der Waals surface area contributed by atoms with Gasteiger partial charge in [0.15, 0.2) is 10.6 Å². The molecule has 1 aliphatic carbocycles. The fourth-order valence-electron chi connectivity index (χ4n) is 4.94. The molecule has 5 aromatic rings. The Morgan fingerprint density at radius 2 is 1.76 bits per heavy atom. The quantitative estimate of drug-likeness (QED) is 0.105. The van der Waals surface area contributed by atoms with Crippen molar-refractivity contribution in [3.63, 3.8) is 0 Å². The summed E-state index contributed by atoms with van der Waals surface area (Å²) < 4.78 is 30.0. The van der Waals surface area contributed by atoms with Gasteiger partial charge in [0.25, 0.3) is 0 Å². The van der Waals surface area contributed by atoms with E-state index in [1.165, 1.54) is 24.2 Å². The Bertz CT molecular complexity index is 1710. The van der Waals surface area contributed by atoms with Gasteiger partial charge in [0.1, 0.15) is 0 Å². The second kappa shape index (κ2) is 11.9. The van der Waals surface area contributed by atoms with Crippen molar-refractivity contribution < 1.29 is 18.3 Å². The van der Waals surface area contributed by atoms with Gasteiger partial charge in [-0.2, -0.15) is 5.10 Å². The third kappa shape index (κ3) is 6.07. The van der Waals surface area contributed by atoms with Crippen LogP contribution in [0.5, 0.6) is 0 Å². The van der Waals surface area contributed by atoms with Crippen LogP contribution in [0.3, 0.4) is 0 Å². The fraction of sp³-hybridized carbons (Fsp3) is 0.219. The second-order valence-electron chi connectivity index (χ2n) is 10.1. The molecule has 2 heterocycles. The Labute approximate surface area is 245 Å². The number of thiazole rings is 1. The van der Waals surface area contributed by atoms with E-state index < -0.39 is 17.0 Å². The smallest absolute Gasteiger partial charge is 0.357 e. The van der Waals surface area contributed by atoms with Crippen LogP contribution in [0.4, 0.5) is 0 Å². The number of hydrogen-bond acceptors (Lipinski definition) is 7. The summed E-state index contributed by atoms with van der Waals surface area (Å²) in [6.45, 7) is 2.06. The van der Waals surface area contributed by atoms with Gasteiger partial charge in [-0.1, -0.05) is 60.7 Å². The molecule has 6 rings (SSSR count). The lowest BCUT2D eigenvalue weighted by molar-refractivity contribution is 0.0520. The van der Waals surface area contributed by atoms with E-state index in [1.807, 2.05) is 41.1 Å². The molecular formula is C32H29N3O4S2. The summed E-state index contributed by atoms with van der Waals surface area (Å²) in [6, 6.07) is 25.6. The largest absolute Gasteiger partial charge is 0.612 e. The topological polar surface area (TPSA) is 97.1 Å².